The summed E-state index contributed by atoms with van der Waals surface area (Å²) in [4.78, 5) is 24.4. The van der Waals surface area contributed by atoms with Gasteiger partial charge in [-0.15, -0.1) is 0 Å². The van der Waals surface area contributed by atoms with Gasteiger partial charge < -0.3 is 14.8 Å². The predicted molar refractivity (Wildman–Crippen MR) is 95.7 cm³/mol. The van der Waals surface area contributed by atoms with Gasteiger partial charge in [0.15, 0.2) is 5.78 Å². The summed E-state index contributed by atoms with van der Waals surface area (Å²) in [5.41, 5.74) is 2.32. The van der Waals surface area contributed by atoms with Crippen LogP contribution >= 0.6 is 0 Å². The van der Waals surface area contributed by atoms with Crippen LogP contribution in [-0.4, -0.2) is 25.9 Å². The molecule has 1 N–H and O–H groups in total. The van der Waals surface area contributed by atoms with Crippen molar-refractivity contribution in [2.24, 2.45) is 0 Å². The third-order valence-corrected chi connectivity index (χ3v) is 4.80. The van der Waals surface area contributed by atoms with Gasteiger partial charge in [-0.25, -0.2) is 0 Å². The molecular weight excluding hydrogens is 318 g/mol. The molecule has 1 amide bonds. The highest BCUT2D eigenvalue weighted by molar-refractivity contribution is 6.06. The van der Waals surface area contributed by atoms with Crippen molar-refractivity contribution in [1.82, 2.24) is 0 Å². The lowest BCUT2D eigenvalue weighted by molar-refractivity contribution is -0.120. The van der Waals surface area contributed by atoms with Crippen LogP contribution in [0.4, 0.5) is 5.69 Å². The van der Waals surface area contributed by atoms with Crippen molar-refractivity contribution >= 4 is 17.4 Å². The lowest BCUT2D eigenvalue weighted by Gasteiger charge is -2.24. The highest BCUT2D eigenvalue weighted by Crippen LogP contribution is 2.43. The Kier molecular flexibility index (Phi) is 4.25. The number of ketones is 1. The Balaban J connectivity index is 2.07. The molecule has 0 radical (unpaired) electrons. The Morgan fingerprint density at radius 3 is 2.52 bits per heavy atom. The minimum atomic E-state index is -0.771. The molecule has 25 heavy (non-hydrogen) atoms. The van der Waals surface area contributed by atoms with E-state index >= 15 is 0 Å². The van der Waals surface area contributed by atoms with E-state index in [4.69, 9.17) is 9.47 Å². The van der Waals surface area contributed by atoms with Gasteiger partial charge in [0.1, 0.15) is 11.5 Å². The molecule has 3 rings (SSSR count). The number of Topliss-reactive ketones (excluding diaryl/α,β-unsaturated/α-hetero) is 1. The first kappa shape index (κ1) is 17.0. The quantitative estimate of drug-likeness (QED) is 0.849. The van der Waals surface area contributed by atoms with Crippen LogP contribution < -0.4 is 14.8 Å². The molecule has 0 bridgehead atoms. The van der Waals surface area contributed by atoms with Crippen molar-refractivity contribution in [3.63, 3.8) is 0 Å². The van der Waals surface area contributed by atoms with E-state index in [0.29, 0.717) is 23.5 Å². The fourth-order valence-corrected chi connectivity index (χ4v) is 3.29. The van der Waals surface area contributed by atoms with E-state index in [9.17, 15) is 9.59 Å². The predicted octanol–water partition coefficient (Wildman–Crippen LogP) is 3.36. The van der Waals surface area contributed by atoms with Crippen molar-refractivity contribution in [3.05, 3.63) is 53.1 Å². The molecule has 2 aromatic rings. The zero-order chi connectivity index (χ0) is 18.2. The van der Waals surface area contributed by atoms with Gasteiger partial charge >= 0.3 is 0 Å². The molecule has 1 heterocycles. The highest BCUT2D eigenvalue weighted by atomic mass is 16.5. The largest absolute Gasteiger partial charge is 0.497 e. The molecule has 1 atom stereocenters. The standard InChI is InChI=1S/C20H21NO4/c1-12(22)13-5-8-18(25-4)14(9-13)11-20(2)16-10-15(24-3)6-7-17(16)21-19(20)23/h5-10H,11H2,1-4H3,(H,21,23). The lowest BCUT2D eigenvalue weighted by Crippen LogP contribution is -2.33. The van der Waals surface area contributed by atoms with Crippen LogP contribution in [0.3, 0.4) is 0 Å². The second kappa shape index (κ2) is 6.24. The van der Waals surface area contributed by atoms with Crippen molar-refractivity contribution in [3.8, 4) is 11.5 Å². The van der Waals surface area contributed by atoms with Crippen LogP contribution in [0, 0.1) is 0 Å². The average Bonchev–Trinajstić information content (AvgIpc) is 2.85. The number of anilines is 1. The normalized spacial score (nSPS) is 18.5. The number of benzene rings is 2. The van der Waals surface area contributed by atoms with Gasteiger partial charge in [0.2, 0.25) is 5.91 Å². The highest BCUT2D eigenvalue weighted by Gasteiger charge is 2.43. The van der Waals surface area contributed by atoms with Crippen LogP contribution in [-0.2, 0) is 16.6 Å². The van der Waals surface area contributed by atoms with Crippen LogP contribution in [0.1, 0.15) is 35.3 Å². The van der Waals surface area contributed by atoms with Crippen molar-refractivity contribution in [2.75, 3.05) is 19.5 Å². The summed E-state index contributed by atoms with van der Waals surface area (Å²) < 4.78 is 10.7. The number of rotatable bonds is 5. The summed E-state index contributed by atoms with van der Waals surface area (Å²) in [7, 11) is 3.18. The fourth-order valence-electron chi connectivity index (χ4n) is 3.29. The minimum absolute atomic E-state index is 0.0213. The minimum Gasteiger partial charge on any atom is -0.497 e. The first-order valence-electron chi connectivity index (χ1n) is 8.07. The van der Waals surface area contributed by atoms with E-state index in [1.54, 1.807) is 32.4 Å². The van der Waals surface area contributed by atoms with Crippen LogP contribution in [0.15, 0.2) is 36.4 Å². The first-order chi connectivity index (χ1) is 11.9. The molecule has 5 heteroatoms. The van der Waals surface area contributed by atoms with Crippen LogP contribution in [0.25, 0.3) is 0 Å². The molecule has 2 aromatic carbocycles. The van der Waals surface area contributed by atoms with E-state index in [1.807, 2.05) is 25.1 Å². The Morgan fingerprint density at radius 1 is 1.12 bits per heavy atom. The van der Waals surface area contributed by atoms with Crippen LogP contribution in [0.5, 0.6) is 11.5 Å². The Hall–Kier alpha value is -2.82. The molecule has 1 unspecified atom stereocenters. The molecule has 130 valence electrons. The number of amides is 1. The van der Waals surface area contributed by atoms with Crippen molar-refractivity contribution in [1.29, 1.82) is 0 Å². The molecule has 0 fully saturated rings. The van der Waals surface area contributed by atoms with Gasteiger partial charge in [0.05, 0.1) is 19.6 Å². The number of ether oxygens (including phenoxy) is 2. The topological polar surface area (TPSA) is 64.6 Å². The van der Waals surface area contributed by atoms with E-state index < -0.39 is 5.41 Å². The molecule has 1 aliphatic rings. The number of carbonyl (C=O) groups is 2. The van der Waals surface area contributed by atoms with Crippen molar-refractivity contribution in [2.45, 2.75) is 25.7 Å². The number of nitrogens with one attached hydrogen (secondary N) is 1. The number of carbonyl (C=O) groups excluding carboxylic acids is 2. The van der Waals surface area contributed by atoms with E-state index in [-0.39, 0.29) is 11.7 Å². The summed E-state index contributed by atoms with van der Waals surface area (Å²) in [5.74, 6) is 1.26. The lowest BCUT2D eigenvalue weighted by atomic mass is 9.78. The van der Waals surface area contributed by atoms with Gasteiger partial charge in [-0.3, -0.25) is 9.59 Å². The fraction of sp³-hybridized carbons (Fsp3) is 0.300. The molecule has 1 aliphatic heterocycles. The number of fused-ring (bicyclic) bond motifs is 1. The van der Waals surface area contributed by atoms with E-state index in [1.165, 1.54) is 6.92 Å². The van der Waals surface area contributed by atoms with Gasteiger partial charge in [-0.05, 0) is 67.8 Å². The van der Waals surface area contributed by atoms with Gasteiger partial charge in [-0.2, -0.15) is 0 Å². The summed E-state index contributed by atoms with van der Waals surface area (Å²) in [6, 6.07) is 10.9. The maximum Gasteiger partial charge on any atom is 0.235 e. The molecule has 5 nitrogen and oxygen atoms in total. The average molecular weight is 339 g/mol. The third kappa shape index (κ3) is 2.86. The molecule has 0 aliphatic carbocycles. The second-order valence-electron chi connectivity index (χ2n) is 6.46. The summed E-state index contributed by atoms with van der Waals surface area (Å²) in [6.45, 7) is 3.42. The maximum absolute atomic E-state index is 12.7. The zero-order valence-corrected chi connectivity index (χ0v) is 14.8. The molecule has 0 saturated carbocycles. The van der Waals surface area contributed by atoms with Crippen molar-refractivity contribution < 1.29 is 19.1 Å². The Labute approximate surface area is 147 Å². The van der Waals surface area contributed by atoms with Gasteiger partial charge in [-0.1, -0.05) is 0 Å². The molecular formula is C20H21NO4. The number of methoxy groups -OCH3 is 2. The summed E-state index contributed by atoms with van der Waals surface area (Å²) in [6.07, 6.45) is 0.420. The zero-order valence-electron chi connectivity index (χ0n) is 14.8. The molecule has 0 spiro atoms. The number of hydrogen-bond donors (Lipinski definition) is 1. The first-order valence-corrected chi connectivity index (χ1v) is 8.07. The van der Waals surface area contributed by atoms with Gasteiger partial charge in [0, 0.05) is 11.3 Å². The SMILES string of the molecule is COc1ccc2c(c1)C(C)(Cc1cc(C(C)=O)ccc1OC)C(=O)N2. The Morgan fingerprint density at radius 2 is 1.88 bits per heavy atom. The smallest absolute Gasteiger partial charge is 0.235 e. The monoisotopic (exact) mass is 339 g/mol. The Bertz CT molecular complexity index is 859. The van der Waals surface area contributed by atoms with E-state index in [0.717, 1.165) is 16.8 Å². The third-order valence-electron chi connectivity index (χ3n) is 4.80. The molecule has 0 saturated heterocycles. The summed E-state index contributed by atoms with van der Waals surface area (Å²) in [5, 5.41) is 2.93. The van der Waals surface area contributed by atoms with Gasteiger partial charge in [0.25, 0.3) is 0 Å². The van der Waals surface area contributed by atoms with E-state index in [2.05, 4.69) is 5.32 Å². The van der Waals surface area contributed by atoms with Crippen LogP contribution in [0.2, 0.25) is 0 Å². The maximum atomic E-state index is 12.7. The molecule has 0 aromatic heterocycles. The second-order valence-corrected chi connectivity index (χ2v) is 6.46. The summed E-state index contributed by atoms with van der Waals surface area (Å²) >= 11 is 0. The number of hydrogen-bond acceptors (Lipinski definition) is 4.